The van der Waals surface area contributed by atoms with Crippen LogP contribution in [0.2, 0.25) is 0 Å². The molecule has 0 radical (unpaired) electrons. The summed E-state index contributed by atoms with van der Waals surface area (Å²) in [4.78, 5) is 19.0. The van der Waals surface area contributed by atoms with Gasteiger partial charge >= 0.3 is 0 Å². The Balaban J connectivity index is 1.41. The van der Waals surface area contributed by atoms with E-state index in [4.69, 9.17) is 13.6 Å². The van der Waals surface area contributed by atoms with Crippen molar-refractivity contribution in [2.24, 2.45) is 5.92 Å². The summed E-state index contributed by atoms with van der Waals surface area (Å²) in [5, 5.41) is 12.5. The fourth-order valence-electron chi connectivity index (χ4n) is 3.61. The van der Waals surface area contributed by atoms with Gasteiger partial charge in [-0.15, -0.1) is 0 Å². The number of oxazole rings is 1. The van der Waals surface area contributed by atoms with Crippen LogP contribution in [0.1, 0.15) is 24.1 Å². The number of nitrogens with one attached hydrogen (secondary N) is 1. The van der Waals surface area contributed by atoms with Crippen LogP contribution in [0, 0.1) is 17.2 Å². The highest BCUT2D eigenvalue weighted by Gasteiger charge is 2.29. The van der Waals surface area contributed by atoms with E-state index in [1.165, 1.54) is 6.26 Å². The fourth-order valence-corrected chi connectivity index (χ4v) is 3.61. The van der Waals surface area contributed by atoms with Gasteiger partial charge in [0.05, 0.1) is 12.9 Å². The first kappa shape index (κ1) is 19.7. The Morgan fingerprint density at radius 2 is 2.10 bits per heavy atom. The van der Waals surface area contributed by atoms with Crippen molar-refractivity contribution in [1.29, 1.82) is 5.26 Å². The minimum absolute atomic E-state index is 0.00689. The minimum atomic E-state index is -0.116. The number of rotatable bonds is 6. The summed E-state index contributed by atoms with van der Waals surface area (Å²) in [6.07, 6.45) is 2.83. The van der Waals surface area contributed by atoms with Crippen molar-refractivity contribution in [2.45, 2.75) is 19.4 Å². The SMILES string of the molecule is COCc1ccccc1NC(=O)C1CCN(c2oc(-c3ccco3)nc2C#N)CC1. The molecular formula is C22H22N4O4. The normalized spacial score (nSPS) is 14.5. The summed E-state index contributed by atoms with van der Waals surface area (Å²) in [6, 6.07) is 13.2. The van der Waals surface area contributed by atoms with Crippen molar-refractivity contribution >= 4 is 17.5 Å². The monoisotopic (exact) mass is 406 g/mol. The molecule has 0 spiro atoms. The van der Waals surface area contributed by atoms with Crippen LogP contribution in [0.3, 0.4) is 0 Å². The number of piperidine rings is 1. The highest BCUT2D eigenvalue weighted by atomic mass is 16.5. The summed E-state index contributed by atoms with van der Waals surface area (Å²) >= 11 is 0. The molecule has 4 rings (SSSR count). The van der Waals surface area contributed by atoms with Crippen molar-refractivity contribution in [3.05, 3.63) is 53.9 Å². The van der Waals surface area contributed by atoms with E-state index < -0.39 is 0 Å². The van der Waals surface area contributed by atoms with Gasteiger partial charge < -0.3 is 23.8 Å². The quantitative estimate of drug-likeness (QED) is 0.664. The van der Waals surface area contributed by atoms with Crippen LogP contribution in [0.4, 0.5) is 11.6 Å². The van der Waals surface area contributed by atoms with Crippen molar-refractivity contribution < 1.29 is 18.4 Å². The Kier molecular flexibility index (Phi) is 5.82. The van der Waals surface area contributed by atoms with Crippen LogP contribution in [-0.4, -0.2) is 31.1 Å². The smallest absolute Gasteiger partial charge is 0.266 e. The van der Waals surface area contributed by atoms with Gasteiger partial charge in [0, 0.05) is 37.4 Å². The second-order valence-corrected chi connectivity index (χ2v) is 7.10. The van der Waals surface area contributed by atoms with Crippen LogP contribution in [0.25, 0.3) is 11.7 Å². The minimum Gasteiger partial charge on any atom is -0.459 e. The first-order valence-electron chi connectivity index (χ1n) is 9.77. The van der Waals surface area contributed by atoms with Gasteiger partial charge in [0.25, 0.3) is 5.89 Å². The Morgan fingerprint density at radius 3 is 2.80 bits per heavy atom. The molecule has 2 aromatic heterocycles. The molecule has 1 aromatic carbocycles. The van der Waals surface area contributed by atoms with E-state index in [9.17, 15) is 10.1 Å². The van der Waals surface area contributed by atoms with Gasteiger partial charge in [0.15, 0.2) is 5.76 Å². The van der Waals surface area contributed by atoms with Crippen molar-refractivity contribution in [2.75, 3.05) is 30.4 Å². The van der Waals surface area contributed by atoms with Crippen LogP contribution >= 0.6 is 0 Å². The lowest BCUT2D eigenvalue weighted by Gasteiger charge is -2.31. The molecule has 1 fully saturated rings. The number of aromatic nitrogens is 1. The van der Waals surface area contributed by atoms with Crippen molar-refractivity contribution in [1.82, 2.24) is 4.98 Å². The highest BCUT2D eigenvalue weighted by Crippen LogP contribution is 2.31. The van der Waals surface area contributed by atoms with Gasteiger partial charge in [-0.3, -0.25) is 4.79 Å². The Bertz CT molecular complexity index is 1040. The number of hydrogen-bond acceptors (Lipinski definition) is 7. The third kappa shape index (κ3) is 4.07. The number of para-hydroxylation sites is 1. The van der Waals surface area contributed by atoms with E-state index in [1.807, 2.05) is 29.2 Å². The molecule has 8 heteroatoms. The molecule has 154 valence electrons. The molecule has 3 heterocycles. The number of amides is 1. The molecule has 0 bridgehead atoms. The first-order valence-corrected chi connectivity index (χ1v) is 9.77. The third-order valence-electron chi connectivity index (χ3n) is 5.18. The van der Waals surface area contributed by atoms with Gasteiger partial charge in [0.1, 0.15) is 6.07 Å². The van der Waals surface area contributed by atoms with E-state index in [-0.39, 0.29) is 23.4 Å². The molecule has 3 aromatic rings. The van der Waals surface area contributed by atoms with Gasteiger partial charge in [-0.2, -0.15) is 10.2 Å². The Hall–Kier alpha value is -3.57. The van der Waals surface area contributed by atoms with Gasteiger partial charge in [-0.05, 0) is 31.0 Å². The standard InChI is InChI=1S/C22H22N4O4/c1-28-14-16-5-2-3-6-17(16)24-20(27)15-8-10-26(11-9-15)22-18(13-23)25-21(30-22)19-7-4-12-29-19/h2-7,12,15H,8-11,14H2,1H3,(H,24,27). The van der Waals surface area contributed by atoms with Gasteiger partial charge in [-0.25, -0.2) is 0 Å². The van der Waals surface area contributed by atoms with E-state index in [1.54, 1.807) is 19.2 Å². The molecule has 1 saturated heterocycles. The molecule has 1 N–H and O–H groups in total. The van der Waals surface area contributed by atoms with Gasteiger partial charge in [-0.1, -0.05) is 18.2 Å². The molecule has 0 saturated carbocycles. The lowest BCUT2D eigenvalue weighted by atomic mass is 9.95. The second kappa shape index (κ2) is 8.84. The summed E-state index contributed by atoms with van der Waals surface area (Å²) in [6.45, 7) is 1.63. The number of ether oxygens (including phenoxy) is 1. The maximum atomic E-state index is 12.8. The maximum absolute atomic E-state index is 12.8. The van der Waals surface area contributed by atoms with Crippen LogP contribution in [0.5, 0.6) is 0 Å². The first-order chi connectivity index (χ1) is 14.7. The van der Waals surface area contributed by atoms with E-state index in [0.29, 0.717) is 44.2 Å². The zero-order valence-corrected chi connectivity index (χ0v) is 16.6. The fraction of sp³-hybridized carbons (Fsp3) is 0.318. The summed E-state index contributed by atoms with van der Waals surface area (Å²) < 4.78 is 16.3. The molecule has 1 aliphatic heterocycles. The van der Waals surface area contributed by atoms with E-state index in [0.717, 1.165) is 11.3 Å². The van der Waals surface area contributed by atoms with Crippen LogP contribution in [0.15, 0.2) is 51.5 Å². The number of furan rings is 1. The Labute approximate surface area is 174 Å². The Morgan fingerprint density at radius 1 is 1.30 bits per heavy atom. The number of anilines is 2. The third-order valence-corrected chi connectivity index (χ3v) is 5.18. The highest BCUT2D eigenvalue weighted by molar-refractivity contribution is 5.93. The lowest BCUT2D eigenvalue weighted by Crippen LogP contribution is -2.38. The molecule has 0 atom stereocenters. The zero-order chi connectivity index (χ0) is 20.9. The lowest BCUT2D eigenvalue weighted by molar-refractivity contribution is -0.120. The molecule has 1 amide bonds. The number of hydrogen-bond donors (Lipinski definition) is 1. The maximum Gasteiger partial charge on any atom is 0.266 e. The van der Waals surface area contributed by atoms with Gasteiger partial charge in [0.2, 0.25) is 17.5 Å². The number of carbonyl (C=O) groups is 1. The molecular weight excluding hydrogens is 384 g/mol. The number of nitrogens with zero attached hydrogens (tertiary/aromatic N) is 3. The van der Waals surface area contributed by atoms with E-state index >= 15 is 0 Å². The van der Waals surface area contributed by atoms with E-state index in [2.05, 4.69) is 16.4 Å². The second-order valence-electron chi connectivity index (χ2n) is 7.10. The largest absolute Gasteiger partial charge is 0.459 e. The van der Waals surface area contributed by atoms with Crippen LogP contribution in [-0.2, 0) is 16.1 Å². The summed E-state index contributed by atoms with van der Waals surface area (Å²) in [5.41, 5.74) is 1.94. The molecule has 1 aliphatic rings. The predicted molar refractivity (Wildman–Crippen MR) is 110 cm³/mol. The number of nitriles is 1. The molecule has 8 nitrogen and oxygen atoms in total. The average molecular weight is 406 g/mol. The van der Waals surface area contributed by atoms with Crippen LogP contribution < -0.4 is 10.2 Å². The topological polar surface area (TPSA) is 105 Å². The zero-order valence-electron chi connectivity index (χ0n) is 16.6. The predicted octanol–water partition coefficient (Wildman–Crippen LogP) is 3.81. The summed E-state index contributed by atoms with van der Waals surface area (Å²) in [5.74, 6) is 1.05. The summed E-state index contributed by atoms with van der Waals surface area (Å²) in [7, 11) is 1.63. The molecule has 0 unspecified atom stereocenters. The number of carbonyl (C=O) groups excluding carboxylic acids is 1. The van der Waals surface area contributed by atoms with Crippen molar-refractivity contribution in [3.63, 3.8) is 0 Å². The molecule has 0 aliphatic carbocycles. The number of methoxy groups -OCH3 is 1. The average Bonchev–Trinajstić information content (AvgIpc) is 3.45. The number of benzene rings is 1. The molecule has 30 heavy (non-hydrogen) atoms. The van der Waals surface area contributed by atoms with Crippen molar-refractivity contribution in [3.8, 4) is 17.7 Å².